The molecule has 6 nitrogen and oxygen atoms in total. The zero-order chi connectivity index (χ0) is 21.3. The molecule has 0 aliphatic rings. The highest BCUT2D eigenvalue weighted by atomic mass is 31.2. The van der Waals surface area contributed by atoms with E-state index in [1.54, 1.807) is 0 Å². The smallest absolute Gasteiger partial charge is 0.459 e. The van der Waals surface area contributed by atoms with Gasteiger partial charge in [0.05, 0.1) is 0 Å². The van der Waals surface area contributed by atoms with E-state index in [1.165, 1.54) is 25.7 Å². The lowest BCUT2D eigenvalue weighted by molar-refractivity contribution is -0.146. The second kappa shape index (κ2) is 16.2. The molecule has 0 aromatic heterocycles. The molecule has 0 radical (unpaired) electrons. The molecule has 0 aliphatic carbocycles. The van der Waals surface area contributed by atoms with Gasteiger partial charge in [-0.3, -0.25) is 4.52 Å². The van der Waals surface area contributed by atoms with Crippen molar-refractivity contribution in [3.63, 3.8) is 0 Å². The molecule has 0 fully saturated rings. The summed E-state index contributed by atoms with van der Waals surface area (Å²) in [5.74, 6) is -0.607. The van der Waals surface area contributed by atoms with Crippen molar-refractivity contribution < 1.29 is 28.4 Å². The van der Waals surface area contributed by atoms with Crippen molar-refractivity contribution >= 4 is 13.8 Å². The minimum Gasteiger partial charge on any atom is -0.459 e. The van der Waals surface area contributed by atoms with E-state index < -0.39 is 19.4 Å². The van der Waals surface area contributed by atoms with Crippen molar-refractivity contribution in [1.29, 1.82) is 0 Å². The zero-order valence-electron chi connectivity index (χ0n) is 17.9. The van der Waals surface area contributed by atoms with Gasteiger partial charge in [0.1, 0.15) is 12.2 Å². The third-order valence-corrected chi connectivity index (χ3v) is 5.55. The summed E-state index contributed by atoms with van der Waals surface area (Å²) in [7, 11) is -4.71. The van der Waals surface area contributed by atoms with E-state index >= 15 is 0 Å². The van der Waals surface area contributed by atoms with Crippen LogP contribution in [0.4, 0.5) is 0 Å². The van der Waals surface area contributed by atoms with Gasteiger partial charge < -0.3 is 14.5 Å². The Labute approximate surface area is 171 Å². The molecular formula is C21H41O6P. The van der Waals surface area contributed by atoms with E-state index in [2.05, 4.69) is 20.4 Å². The quantitative estimate of drug-likeness (QED) is 0.114. The number of ether oxygens (including phenoxy) is 1. The third kappa shape index (κ3) is 15.3. The fourth-order valence-electron chi connectivity index (χ4n) is 3.36. The van der Waals surface area contributed by atoms with Gasteiger partial charge in [0.2, 0.25) is 0 Å². The lowest BCUT2D eigenvalue weighted by Gasteiger charge is -2.33. The first kappa shape index (κ1) is 27.3. The van der Waals surface area contributed by atoms with Gasteiger partial charge in [-0.05, 0) is 12.8 Å². The molecule has 0 saturated heterocycles. The maximum atomic E-state index is 11.6. The SMILES string of the molecule is C=CC(=O)OCC(CCCCCCCC)(CCCCCCCC)OP(=O)(O)O. The van der Waals surface area contributed by atoms with Crippen molar-refractivity contribution in [3.05, 3.63) is 12.7 Å². The van der Waals surface area contributed by atoms with Crippen LogP contribution < -0.4 is 0 Å². The summed E-state index contributed by atoms with van der Waals surface area (Å²) in [5, 5.41) is 0. The van der Waals surface area contributed by atoms with Gasteiger partial charge in [0.15, 0.2) is 0 Å². The first-order valence-corrected chi connectivity index (χ1v) is 12.4. The highest BCUT2D eigenvalue weighted by Gasteiger charge is 2.38. The first-order valence-electron chi connectivity index (χ1n) is 10.8. The number of carbonyl (C=O) groups is 1. The Morgan fingerprint density at radius 2 is 1.32 bits per heavy atom. The molecule has 2 N–H and O–H groups in total. The van der Waals surface area contributed by atoms with Gasteiger partial charge in [0, 0.05) is 6.08 Å². The summed E-state index contributed by atoms with van der Waals surface area (Å²) in [6, 6.07) is 0. The average molecular weight is 421 g/mol. The van der Waals surface area contributed by atoms with E-state index in [-0.39, 0.29) is 6.61 Å². The molecule has 0 spiro atoms. The molecule has 166 valence electrons. The number of hydrogen-bond donors (Lipinski definition) is 2. The lowest BCUT2D eigenvalue weighted by Crippen LogP contribution is -2.38. The molecule has 0 aliphatic heterocycles. The highest BCUT2D eigenvalue weighted by molar-refractivity contribution is 7.46. The van der Waals surface area contributed by atoms with E-state index in [0.29, 0.717) is 12.8 Å². The van der Waals surface area contributed by atoms with E-state index in [0.717, 1.165) is 57.4 Å². The fraction of sp³-hybridized carbons (Fsp3) is 0.857. The monoisotopic (exact) mass is 420 g/mol. The van der Waals surface area contributed by atoms with Crippen LogP contribution >= 0.6 is 7.82 Å². The second-order valence-corrected chi connectivity index (χ2v) is 8.78. The van der Waals surface area contributed by atoms with E-state index in [4.69, 9.17) is 9.26 Å². The molecule has 0 rings (SSSR count). The Balaban J connectivity index is 4.89. The Hall–Kier alpha value is -0.680. The van der Waals surface area contributed by atoms with Crippen molar-refractivity contribution in [1.82, 2.24) is 0 Å². The van der Waals surface area contributed by atoms with Crippen LogP contribution in [0.25, 0.3) is 0 Å². The normalized spacial score (nSPS) is 12.1. The number of phosphoric acid groups is 1. The number of hydrogen-bond acceptors (Lipinski definition) is 4. The first-order chi connectivity index (χ1) is 13.3. The van der Waals surface area contributed by atoms with Crippen LogP contribution in [-0.2, 0) is 18.6 Å². The molecule has 0 heterocycles. The molecule has 0 saturated carbocycles. The maximum absolute atomic E-state index is 11.6. The zero-order valence-corrected chi connectivity index (χ0v) is 18.8. The lowest BCUT2D eigenvalue weighted by atomic mass is 9.90. The molecule has 0 unspecified atom stereocenters. The number of rotatable bonds is 19. The van der Waals surface area contributed by atoms with E-state index in [9.17, 15) is 19.1 Å². The Morgan fingerprint density at radius 3 is 1.71 bits per heavy atom. The predicted octanol–water partition coefficient (Wildman–Crippen LogP) is 6.06. The molecule has 28 heavy (non-hydrogen) atoms. The Morgan fingerprint density at radius 1 is 0.893 bits per heavy atom. The molecule has 0 bridgehead atoms. The van der Waals surface area contributed by atoms with Crippen molar-refractivity contribution in [2.45, 2.75) is 109 Å². The van der Waals surface area contributed by atoms with Gasteiger partial charge in [0.25, 0.3) is 0 Å². The number of esters is 1. The van der Waals surface area contributed by atoms with Crippen LogP contribution in [0.5, 0.6) is 0 Å². The topological polar surface area (TPSA) is 93.1 Å². The molecule has 0 atom stereocenters. The number of phosphoric ester groups is 1. The molecular weight excluding hydrogens is 379 g/mol. The number of unbranched alkanes of at least 4 members (excludes halogenated alkanes) is 10. The summed E-state index contributed by atoms with van der Waals surface area (Å²) in [6.45, 7) is 7.54. The summed E-state index contributed by atoms with van der Waals surface area (Å²) < 4.78 is 22.0. The summed E-state index contributed by atoms with van der Waals surface area (Å²) in [5.41, 5.74) is -1.15. The predicted molar refractivity (Wildman–Crippen MR) is 113 cm³/mol. The minimum atomic E-state index is -4.71. The maximum Gasteiger partial charge on any atom is 0.470 e. The van der Waals surface area contributed by atoms with Crippen molar-refractivity contribution in [2.75, 3.05) is 6.61 Å². The van der Waals surface area contributed by atoms with Crippen LogP contribution in [0.15, 0.2) is 12.7 Å². The van der Waals surface area contributed by atoms with Crippen molar-refractivity contribution in [3.8, 4) is 0 Å². The van der Waals surface area contributed by atoms with Crippen LogP contribution in [0.1, 0.15) is 104 Å². The Bertz CT molecular complexity index is 444. The van der Waals surface area contributed by atoms with Gasteiger partial charge in [-0.2, -0.15) is 0 Å². The largest absolute Gasteiger partial charge is 0.470 e. The molecule has 0 aromatic carbocycles. The summed E-state index contributed by atoms with van der Waals surface area (Å²) >= 11 is 0. The van der Waals surface area contributed by atoms with Crippen LogP contribution in [0.2, 0.25) is 0 Å². The van der Waals surface area contributed by atoms with Crippen LogP contribution in [0, 0.1) is 0 Å². The Kier molecular flexibility index (Phi) is 15.8. The summed E-state index contributed by atoms with van der Waals surface area (Å²) in [4.78, 5) is 30.4. The molecule has 0 aromatic rings. The van der Waals surface area contributed by atoms with E-state index in [1.807, 2.05) is 0 Å². The second-order valence-electron chi connectivity index (χ2n) is 7.61. The fourth-order valence-corrected chi connectivity index (χ4v) is 4.10. The summed E-state index contributed by atoms with van der Waals surface area (Å²) in [6.07, 6.45) is 14.7. The standard InChI is InChI=1S/C21H41O6P/c1-4-7-9-11-13-15-17-21(27-28(23,24)25,19-26-20(22)6-3)18-16-14-12-10-8-5-2/h6H,3-5,7-19H2,1-2H3,(H2,23,24,25). The van der Waals surface area contributed by atoms with Crippen LogP contribution in [0.3, 0.4) is 0 Å². The molecule has 0 amide bonds. The van der Waals surface area contributed by atoms with Crippen molar-refractivity contribution in [2.24, 2.45) is 0 Å². The van der Waals surface area contributed by atoms with Crippen LogP contribution in [-0.4, -0.2) is 28.0 Å². The van der Waals surface area contributed by atoms with Gasteiger partial charge >= 0.3 is 13.8 Å². The van der Waals surface area contributed by atoms with Gasteiger partial charge in [-0.1, -0.05) is 97.5 Å². The molecule has 7 heteroatoms. The third-order valence-electron chi connectivity index (χ3n) is 4.93. The minimum absolute atomic E-state index is 0.160. The van der Waals surface area contributed by atoms with Gasteiger partial charge in [-0.15, -0.1) is 0 Å². The number of carbonyl (C=O) groups excluding carboxylic acids is 1. The average Bonchev–Trinajstić information content (AvgIpc) is 2.64. The van der Waals surface area contributed by atoms with Gasteiger partial charge in [-0.25, -0.2) is 9.36 Å². The highest BCUT2D eigenvalue weighted by Crippen LogP contribution is 2.45.